The van der Waals surface area contributed by atoms with E-state index in [0.29, 0.717) is 11.6 Å². The molecule has 72 valence electrons. The number of nitrogens with one attached hydrogen (secondary N) is 1. The molecule has 0 aliphatic heterocycles. The van der Waals surface area contributed by atoms with E-state index in [-0.39, 0.29) is 6.54 Å². The first-order valence-corrected chi connectivity index (χ1v) is 4.29. The van der Waals surface area contributed by atoms with E-state index in [2.05, 4.69) is 5.32 Å². The van der Waals surface area contributed by atoms with E-state index in [0.717, 1.165) is 5.56 Å². The first-order chi connectivity index (χ1) is 6.18. The van der Waals surface area contributed by atoms with Crippen LogP contribution < -0.4 is 5.32 Å². The molecule has 0 bridgehead atoms. The second-order valence-electron chi connectivity index (χ2n) is 2.65. The van der Waals surface area contributed by atoms with Gasteiger partial charge in [-0.3, -0.25) is 0 Å². The zero-order valence-electron chi connectivity index (χ0n) is 6.93. The molecular weight excluding hydrogens is 196 g/mol. The lowest BCUT2D eigenvalue weighted by Crippen LogP contribution is -2.20. The minimum atomic E-state index is -2.30. The van der Waals surface area contributed by atoms with Gasteiger partial charge in [0.2, 0.25) is 0 Å². The molecule has 0 radical (unpaired) electrons. The molecule has 0 heterocycles. The highest BCUT2D eigenvalue weighted by Crippen LogP contribution is 2.09. The molecule has 0 unspecified atom stereocenters. The Labute approximate surface area is 80.7 Å². The van der Waals surface area contributed by atoms with Crippen LogP contribution in [0.15, 0.2) is 24.3 Å². The van der Waals surface area contributed by atoms with Gasteiger partial charge in [-0.05, 0) is 17.7 Å². The molecule has 1 nitrogen and oxygen atoms in total. The van der Waals surface area contributed by atoms with E-state index < -0.39 is 6.43 Å². The summed E-state index contributed by atoms with van der Waals surface area (Å²) in [6.45, 7) is 0.171. The Hall–Kier alpha value is -0.670. The average molecular weight is 206 g/mol. The quantitative estimate of drug-likeness (QED) is 0.797. The Balaban J connectivity index is 2.33. The molecule has 0 amide bonds. The molecule has 1 N–H and O–H groups in total. The van der Waals surface area contributed by atoms with Crippen LogP contribution in [-0.4, -0.2) is 13.0 Å². The Morgan fingerprint density at radius 3 is 2.38 bits per heavy atom. The van der Waals surface area contributed by atoms with Gasteiger partial charge in [-0.15, -0.1) is 0 Å². The van der Waals surface area contributed by atoms with Crippen molar-refractivity contribution in [3.05, 3.63) is 34.9 Å². The third-order valence-corrected chi connectivity index (χ3v) is 1.79. The second kappa shape index (κ2) is 5.14. The van der Waals surface area contributed by atoms with Crippen LogP contribution in [-0.2, 0) is 6.54 Å². The van der Waals surface area contributed by atoms with E-state index in [4.69, 9.17) is 11.6 Å². The predicted molar refractivity (Wildman–Crippen MR) is 49.2 cm³/mol. The summed E-state index contributed by atoms with van der Waals surface area (Å²) in [5.41, 5.74) is 0.949. The topological polar surface area (TPSA) is 12.0 Å². The molecule has 0 saturated heterocycles. The van der Waals surface area contributed by atoms with Gasteiger partial charge in [-0.1, -0.05) is 23.7 Å². The molecule has 1 rings (SSSR count). The van der Waals surface area contributed by atoms with Crippen molar-refractivity contribution < 1.29 is 8.78 Å². The van der Waals surface area contributed by atoms with Crippen LogP contribution in [0.25, 0.3) is 0 Å². The summed E-state index contributed by atoms with van der Waals surface area (Å²) in [5.74, 6) is 0. The fraction of sp³-hybridized carbons (Fsp3) is 0.333. The lowest BCUT2D eigenvalue weighted by Gasteiger charge is -2.03. The molecule has 0 aliphatic carbocycles. The van der Waals surface area contributed by atoms with Gasteiger partial charge in [0.1, 0.15) is 0 Å². The molecule has 0 atom stereocenters. The number of benzene rings is 1. The zero-order valence-corrected chi connectivity index (χ0v) is 7.69. The Kier molecular flexibility index (Phi) is 4.12. The smallest absolute Gasteiger partial charge is 0.250 e. The average Bonchev–Trinajstić information content (AvgIpc) is 2.08. The van der Waals surface area contributed by atoms with Crippen LogP contribution in [0.4, 0.5) is 8.78 Å². The summed E-state index contributed by atoms with van der Waals surface area (Å²) in [6, 6.07) is 7.09. The van der Waals surface area contributed by atoms with E-state index in [9.17, 15) is 8.78 Å². The lowest BCUT2D eigenvalue weighted by atomic mass is 10.2. The molecule has 0 aliphatic rings. The fourth-order valence-electron chi connectivity index (χ4n) is 0.928. The zero-order chi connectivity index (χ0) is 9.68. The molecule has 0 aromatic heterocycles. The lowest BCUT2D eigenvalue weighted by molar-refractivity contribution is 0.145. The number of rotatable bonds is 4. The maximum atomic E-state index is 11.7. The summed E-state index contributed by atoms with van der Waals surface area (Å²) in [4.78, 5) is 0. The number of alkyl halides is 2. The summed E-state index contributed by atoms with van der Waals surface area (Å²) < 4.78 is 23.4. The highest BCUT2D eigenvalue weighted by molar-refractivity contribution is 6.30. The van der Waals surface area contributed by atoms with E-state index in [1.165, 1.54) is 0 Å². The first-order valence-electron chi connectivity index (χ1n) is 3.92. The van der Waals surface area contributed by atoms with Crippen molar-refractivity contribution in [2.45, 2.75) is 13.0 Å². The van der Waals surface area contributed by atoms with E-state index in [1.807, 2.05) is 0 Å². The number of hydrogen-bond donors (Lipinski definition) is 1. The fourth-order valence-corrected chi connectivity index (χ4v) is 1.05. The van der Waals surface area contributed by atoms with Crippen molar-refractivity contribution >= 4 is 11.6 Å². The second-order valence-corrected chi connectivity index (χ2v) is 3.08. The first kappa shape index (κ1) is 10.4. The Bertz CT molecular complexity index is 248. The van der Waals surface area contributed by atoms with Gasteiger partial charge >= 0.3 is 0 Å². The molecule has 1 aromatic rings. The summed E-state index contributed by atoms with van der Waals surface area (Å²) in [6.07, 6.45) is -2.30. The van der Waals surface area contributed by atoms with Crippen molar-refractivity contribution in [3.63, 3.8) is 0 Å². The summed E-state index contributed by atoms with van der Waals surface area (Å²) in [5, 5.41) is 3.28. The third-order valence-electron chi connectivity index (χ3n) is 1.54. The summed E-state index contributed by atoms with van der Waals surface area (Å²) >= 11 is 5.66. The van der Waals surface area contributed by atoms with Crippen LogP contribution in [0, 0.1) is 0 Å². The van der Waals surface area contributed by atoms with Crippen molar-refractivity contribution in [3.8, 4) is 0 Å². The Morgan fingerprint density at radius 1 is 1.23 bits per heavy atom. The normalized spacial score (nSPS) is 10.8. The van der Waals surface area contributed by atoms with E-state index >= 15 is 0 Å². The Morgan fingerprint density at radius 2 is 1.85 bits per heavy atom. The highest BCUT2D eigenvalue weighted by atomic mass is 35.5. The minimum absolute atomic E-state index is 0.275. The molecular formula is C9H10ClF2N. The van der Waals surface area contributed by atoms with Crippen molar-refractivity contribution in [1.82, 2.24) is 5.32 Å². The maximum absolute atomic E-state index is 11.7. The molecule has 0 spiro atoms. The third kappa shape index (κ3) is 4.20. The van der Waals surface area contributed by atoms with Crippen molar-refractivity contribution in [2.24, 2.45) is 0 Å². The number of halogens is 3. The molecule has 0 saturated carbocycles. The van der Waals surface area contributed by atoms with Gasteiger partial charge < -0.3 is 5.32 Å². The van der Waals surface area contributed by atoms with Gasteiger partial charge in [0.25, 0.3) is 6.43 Å². The molecule has 1 aromatic carbocycles. The molecule has 4 heteroatoms. The van der Waals surface area contributed by atoms with Gasteiger partial charge in [-0.2, -0.15) is 0 Å². The van der Waals surface area contributed by atoms with Crippen LogP contribution in [0.1, 0.15) is 5.56 Å². The van der Waals surface area contributed by atoms with Gasteiger partial charge in [0.15, 0.2) is 0 Å². The van der Waals surface area contributed by atoms with Crippen molar-refractivity contribution in [2.75, 3.05) is 6.54 Å². The number of hydrogen-bond acceptors (Lipinski definition) is 1. The van der Waals surface area contributed by atoms with Gasteiger partial charge in [-0.25, -0.2) is 8.78 Å². The van der Waals surface area contributed by atoms with Gasteiger partial charge in [0, 0.05) is 11.6 Å². The SMILES string of the molecule is FC(F)CNCc1ccc(Cl)cc1. The van der Waals surface area contributed by atoms with Crippen LogP contribution in [0.5, 0.6) is 0 Å². The molecule has 13 heavy (non-hydrogen) atoms. The largest absolute Gasteiger partial charge is 0.307 e. The monoisotopic (exact) mass is 205 g/mol. The minimum Gasteiger partial charge on any atom is -0.307 e. The predicted octanol–water partition coefficient (Wildman–Crippen LogP) is 2.69. The maximum Gasteiger partial charge on any atom is 0.250 e. The summed E-state index contributed by atoms with van der Waals surface area (Å²) in [7, 11) is 0. The highest BCUT2D eigenvalue weighted by Gasteiger charge is 2.00. The molecule has 0 fully saturated rings. The van der Waals surface area contributed by atoms with Crippen LogP contribution in [0.3, 0.4) is 0 Å². The van der Waals surface area contributed by atoms with Crippen LogP contribution >= 0.6 is 11.6 Å². The van der Waals surface area contributed by atoms with Crippen molar-refractivity contribution in [1.29, 1.82) is 0 Å². The van der Waals surface area contributed by atoms with Gasteiger partial charge in [0.05, 0.1) is 6.54 Å². The standard InChI is InChI=1S/C9H10ClF2N/c10-8-3-1-7(2-4-8)5-13-6-9(11)12/h1-4,9,13H,5-6H2. The van der Waals surface area contributed by atoms with E-state index in [1.54, 1.807) is 24.3 Å². The van der Waals surface area contributed by atoms with Crippen LogP contribution in [0.2, 0.25) is 5.02 Å².